The predicted molar refractivity (Wildman–Crippen MR) is 206 cm³/mol. The molecule has 0 spiro atoms. The highest BCUT2D eigenvalue weighted by molar-refractivity contribution is 6.24. The third-order valence-electron chi connectivity index (χ3n) is 11.1. The molecule has 238 valence electrons. The zero-order chi connectivity index (χ0) is 32.8. The van der Waals surface area contributed by atoms with E-state index in [0.717, 1.165) is 82.7 Å². The fourth-order valence-electron chi connectivity index (χ4n) is 8.65. The van der Waals surface area contributed by atoms with Crippen molar-refractivity contribution >= 4 is 76.5 Å². The van der Waals surface area contributed by atoms with Gasteiger partial charge in [-0.25, -0.2) is 4.98 Å². The van der Waals surface area contributed by atoms with Gasteiger partial charge >= 0.3 is 0 Å². The largest absolute Gasteiger partial charge is 0.455 e. The Bertz CT molecular complexity index is 2940. The number of hydrogen-bond donors (Lipinski definition) is 0. The second-order valence-corrected chi connectivity index (χ2v) is 13.9. The van der Waals surface area contributed by atoms with Crippen LogP contribution in [0.2, 0.25) is 0 Å². The van der Waals surface area contributed by atoms with Gasteiger partial charge < -0.3 is 8.83 Å². The molecular weight excluding hydrogens is 613 g/mol. The van der Waals surface area contributed by atoms with Crippen LogP contribution < -0.4 is 0 Å². The number of fused-ring (bicyclic) bond motifs is 12. The van der Waals surface area contributed by atoms with Gasteiger partial charge in [-0.05, 0) is 71.0 Å². The van der Waals surface area contributed by atoms with Crippen LogP contribution in [0.5, 0.6) is 0 Å². The molecule has 1 fully saturated rings. The Balaban J connectivity index is 1.15. The Morgan fingerprint density at radius 2 is 1.12 bits per heavy atom. The van der Waals surface area contributed by atoms with Crippen molar-refractivity contribution in [1.82, 2.24) is 9.97 Å². The Labute approximate surface area is 288 Å². The normalized spacial score (nSPS) is 14.3. The maximum atomic E-state index is 6.79. The van der Waals surface area contributed by atoms with Gasteiger partial charge in [0.25, 0.3) is 0 Å². The van der Waals surface area contributed by atoms with E-state index in [0.29, 0.717) is 5.92 Å². The Kier molecular flexibility index (Phi) is 6.00. The fourth-order valence-corrected chi connectivity index (χ4v) is 8.65. The van der Waals surface area contributed by atoms with Gasteiger partial charge in [-0.2, -0.15) is 0 Å². The molecule has 3 heterocycles. The van der Waals surface area contributed by atoms with E-state index in [1.807, 2.05) is 12.3 Å². The summed E-state index contributed by atoms with van der Waals surface area (Å²) >= 11 is 0. The van der Waals surface area contributed by atoms with Crippen molar-refractivity contribution in [2.45, 2.75) is 38.0 Å². The Morgan fingerprint density at radius 1 is 0.480 bits per heavy atom. The van der Waals surface area contributed by atoms with E-state index in [9.17, 15) is 0 Å². The number of benzene rings is 7. The van der Waals surface area contributed by atoms with Crippen LogP contribution >= 0.6 is 0 Å². The van der Waals surface area contributed by atoms with Crippen LogP contribution in [0.4, 0.5) is 0 Å². The third kappa shape index (κ3) is 4.11. The van der Waals surface area contributed by atoms with Crippen LogP contribution in [-0.2, 0) is 0 Å². The summed E-state index contributed by atoms with van der Waals surface area (Å²) in [7, 11) is 0. The summed E-state index contributed by atoms with van der Waals surface area (Å²) < 4.78 is 13.5. The number of nitrogens with zero attached hydrogens (tertiary/aromatic N) is 2. The van der Waals surface area contributed by atoms with Crippen LogP contribution in [0.15, 0.2) is 136 Å². The number of rotatable bonds is 3. The molecule has 7 aromatic carbocycles. The molecule has 50 heavy (non-hydrogen) atoms. The number of hydrogen-bond acceptors (Lipinski definition) is 4. The first-order valence-electron chi connectivity index (χ1n) is 17.8. The maximum Gasteiger partial charge on any atom is 0.147 e. The molecule has 3 aromatic heterocycles. The average molecular weight is 645 g/mol. The zero-order valence-corrected chi connectivity index (χ0v) is 27.4. The topological polar surface area (TPSA) is 52.1 Å². The molecule has 0 aliphatic heterocycles. The number of para-hydroxylation sites is 1. The quantitative estimate of drug-likeness (QED) is 0.180. The SMILES string of the molecule is c1cc(-c2cnc3c4ccccc4c4ccccc4c3n2)cc(-c2c3oc4ccccc4c3cc3c2oc2ccc(C4CCCCC4)cc23)c1. The highest BCUT2D eigenvalue weighted by atomic mass is 16.3. The minimum atomic E-state index is 0.617. The molecule has 1 saturated carbocycles. The first-order valence-corrected chi connectivity index (χ1v) is 17.8. The smallest absolute Gasteiger partial charge is 0.147 e. The van der Waals surface area contributed by atoms with Gasteiger partial charge in [0.2, 0.25) is 0 Å². The summed E-state index contributed by atoms with van der Waals surface area (Å²) in [5.41, 5.74) is 10.5. The van der Waals surface area contributed by atoms with Crippen LogP contribution in [0.1, 0.15) is 43.6 Å². The molecule has 4 nitrogen and oxygen atoms in total. The van der Waals surface area contributed by atoms with Gasteiger partial charge in [0, 0.05) is 37.9 Å². The van der Waals surface area contributed by atoms with Crippen LogP contribution in [0.3, 0.4) is 0 Å². The second kappa shape index (κ2) is 10.8. The van der Waals surface area contributed by atoms with E-state index in [1.165, 1.54) is 53.8 Å². The molecule has 1 aliphatic rings. The van der Waals surface area contributed by atoms with Gasteiger partial charge in [-0.1, -0.05) is 110 Å². The highest BCUT2D eigenvalue weighted by Crippen LogP contribution is 2.46. The molecule has 0 unspecified atom stereocenters. The first kappa shape index (κ1) is 27.9. The Hall–Kier alpha value is -6.00. The highest BCUT2D eigenvalue weighted by Gasteiger charge is 2.23. The van der Waals surface area contributed by atoms with Crippen molar-refractivity contribution in [3.8, 4) is 22.4 Å². The van der Waals surface area contributed by atoms with E-state index >= 15 is 0 Å². The lowest BCUT2D eigenvalue weighted by Gasteiger charge is -2.21. The van der Waals surface area contributed by atoms with Gasteiger partial charge in [-0.3, -0.25) is 4.98 Å². The fraction of sp³-hybridized carbons (Fsp3) is 0.130. The van der Waals surface area contributed by atoms with E-state index < -0.39 is 0 Å². The molecule has 0 bridgehead atoms. The summed E-state index contributed by atoms with van der Waals surface area (Å²) in [6.45, 7) is 0. The van der Waals surface area contributed by atoms with Crippen molar-refractivity contribution in [1.29, 1.82) is 0 Å². The minimum absolute atomic E-state index is 0.617. The molecule has 0 N–H and O–H groups in total. The van der Waals surface area contributed by atoms with Gasteiger partial charge in [0.05, 0.1) is 28.5 Å². The molecule has 4 heteroatoms. The van der Waals surface area contributed by atoms with Crippen molar-refractivity contribution in [3.05, 3.63) is 133 Å². The van der Waals surface area contributed by atoms with Gasteiger partial charge in [0.15, 0.2) is 0 Å². The summed E-state index contributed by atoms with van der Waals surface area (Å²) in [5, 5.41) is 9.11. The van der Waals surface area contributed by atoms with Crippen LogP contribution in [0.25, 0.3) is 98.8 Å². The maximum absolute atomic E-state index is 6.79. The summed E-state index contributed by atoms with van der Waals surface area (Å²) in [6.07, 6.45) is 8.41. The summed E-state index contributed by atoms with van der Waals surface area (Å²) in [4.78, 5) is 10.3. The van der Waals surface area contributed by atoms with E-state index in [-0.39, 0.29) is 0 Å². The van der Waals surface area contributed by atoms with Crippen molar-refractivity contribution in [2.24, 2.45) is 0 Å². The molecule has 0 radical (unpaired) electrons. The minimum Gasteiger partial charge on any atom is -0.455 e. The number of aromatic nitrogens is 2. The average Bonchev–Trinajstić information content (AvgIpc) is 3.75. The van der Waals surface area contributed by atoms with Crippen molar-refractivity contribution in [2.75, 3.05) is 0 Å². The molecule has 0 amide bonds. The number of furan rings is 2. The molecular formula is C46H32N2O2. The summed E-state index contributed by atoms with van der Waals surface area (Å²) in [6, 6.07) is 43.0. The molecule has 0 atom stereocenters. The summed E-state index contributed by atoms with van der Waals surface area (Å²) in [5.74, 6) is 0.617. The van der Waals surface area contributed by atoms with Crippen LogP contribution in [-0.4, -0.2) is 9.97 Å². The predicted octanol–water partition coefficient (Wildman–Crippen LogP) is 13.1. The molecule has 0 saturated heterocycles. The monoisotopic (exact) mass is 644 g/mol. The van der Waals surface area contributed by atoms with E-state index in [4.69, 9.17) is 18.8 Å². The van der Waals surface area contributed by atoms with Gasteiger partial charge in [-0.15, -0.1) is 0 Å². The molecule has 11 rings (SSSR count). The second-order valence-electron chi connectivity index (χ2n) is 13.9. The molecule has 10 aromatic rings. The van der Waals surface area contributed by atoms with Crippen molar-refractivity contribution in [3.63, 3.8) is 0 Å². The molecule has 1 aliphatic carbocycles. The standard InChI is InChI=1S/C46H32N2O2/c1-2-11-27(12-3-1)28-21-22-41-36(24-28)38-25-37-33-17-8-9-20-40(33)49-45(37)42(46(38)50-41)30-14-10-13-29(23-30)39-26-47-43-34-18-6-4-15-31(34)32-16-5-7-19-35(32)44(43)48-39/h4-10,13-27H,1-3,11-12H2. The van der Waals surface area contributed by atoms with E-state index in [1.54, 1.807) is 0 Å². The lowest BCUT2D eigenvalue weighted by atomic mass is 9.83. The zero-order valence-electron chi connectivity index (χ0n) is 27.4. The van der Waals surface area contributed by atoms with Gasteiger partial charge in [0.1, 0.15) is 22.3 Å². The van der Waals surface area contributed by atoms with E-state index in [2.05, 4.69) is 115 Å². The Morgan fingerprint density at radius 3 is 1.90 bits per heavy atom. The lowest BCUT2D eigenvalue weighted by molar-refractivity contribution is 0.444. The van der Waals surface area contributed by atoms with Crippen molar-refractivity contribution < 1.29 is 8.83 Å². The lowest BCUT2D eigenvalue weighted by Crippen LogP contribution is -2.03. The van der Waals surface area contributed by atoms with Crippen LogP contribution in [0, 0.1) is 0 Å². The third-order valence-corrected chi connectivity index (χ3v) is 11.1. The first-order chi connectivity index (χ1) is 24.8.